The third-order valence-corrected chi connectivity index (χ3v) is 12.2. The van der Waals surface area contributed by atoms with Gasteiger partial charge in [0.1, 0.15) is 11.2 Å². The fraction of sp³-hybridized carbons (Fsp3) is 0. The van der Waals surface area contributed by atoms with Crippen LogP contribution < -0.4 is 4.90 Å². The number of nitrogens with zero attached hydrogens (tertiary/aromatic N) is 2. The molecular weight excluding hydrogens is 741 g/mol. The summed E-state index contributed by atoms with van der Waals surface area (Å²) >= 11 is 0. The number of para-hydroxylation sites is 5. The van der Waals surface area contributed by atoms with Crippen LogP contribution in [0.4, 0.5) is 17.1 Å². The zero-order valence-corrected chi connectivity index (χ0v) is 33.2. The van der Waals surface area contributed by atoms with Gasteiger partial charge in [0.05, 0.1) is 16.7 Å². The molecule has 0 saturated carbocycles. The second-order valence-corrected chi connectivity index (χ2v) is 15.6. The molecule has 0 bridgehead atoms. The molecule has 0 atom stereocenters. The van der Waals surface area contributed by atoms with Crippen LogP contribution >= 0.6 is 0 Å². The van der Waals surface area contributed by atoms with Gasteiger partial charge in [-0.25, -0.2) is 0 Å². The average molecular weight is 779 g/mol. The van der Waals surface area contributed by atoms with E-state index in [1.807, 2.05) is 12.1 Å². The highest BCUT2D eigenvalue weighted by Gasteiger charge is 2.22. The molecule has 0 saturated heterocycles. The zero-order valence-electron chi connectivity index (χ0n) is 33.2. The van der Waals surface area contributed by atoms with Gasteiger partial charge in [0, 0.05) is 49.7 Å². The Labute approximate surface area is 353 Å². The summed E-state index contributed by atoms with van der Waals surface area (Å²) in [7, 11) is 0. The molecule has 0 aliphatic rings. The average Bonchev–Trinajstić information content (AvgIpc) is 3.88. The standard InChI is InChI=1S/C58H38N2O/c1-3-16-39(17-4-1)45-25-13-18-41-19-14-27-51(57(41)45)48-23-8-10-29-53(48)59(43-34-32-40(33-35-43)46-26-15-28-52-50-24-9-12-31-56(50)61-58(46)52)44-36-37-49-47-22-7-11-30-54(47)60(55(49)38-44)42-20-5-2-6-21-42/h1-38H. The van der Waals surface area contributed by atoms with E-state index in [1.165, 1.54) is 43.8 Å². The summed E-state index contributed by atoms with van der Waals surface area (Å²) in [5.41, 5.74) is 15.4. The molecule has 286 valence electrons. The van der Waals surface area contributed by atoms with Crippen molar-refractivity contribution in [2.24, 2.45) is 0 Å². The minimum atomic E-state index is 0.900. The van der Waals surface area contributed by atoms with Crippen molar-refractivity contribution in [2.45, 2.75) is 0 Å². The van der Waals surface area contributed by atoms with Crippen molar-refractivity contribution in [3.63, 3.8) is 0 Å². The lowest BCUT2D eigenvalue weighted by Gasteiger charge is -2.29. The molecule has 10 aromatic carbocycles. The molecule has 12 rings (SSSR count). The van der Waals surface area contributed by atoms with Crippen molar-refractivity contribution >= 4 is 71.6 Å². The molecule has 2 heterocycles. The summed E-state index contributed by atoms with van der Waals surface area (Å²) in [5, 5.41) is 7.14. The summed E-state index contributed by atoms with van der Waals surface area (Å²) < 4.78 is 8.89. The van der Waals surface area contributed by atoms with E-state index in [9.17, 15) is 0 Å². The van der Waals surface area contributed by atoms with Crippen LogP contribution in [0.2, 0.25) is 0 Å². The minimum Gasteiger partial charge on any atom is -0.455 e. The van der Waals surface area contributed by atoms with Gasteiger partial charge in [-0.3, -0.25) is 0 Å². The van der Waals surface area contributed by atoms with E-state index in [0.717, 1.165) is 66.9 Å². The molecule has 0 unspecified atom stereocenters. The Bertz CT molecular complexity index is 3580. The van der Waals surface area contributed by atoms with E-state index >= 15 is 0 Å². The van der Waals surface area contributed by atoms with E-state index in [1.54, 1.807) is 0 Å². The molecule has 0 fully saturated rings. The van der Waals surface area contributed by atoms with E-state index < -0.39 is 0 Å². The normalized spacial score (nSPS) is 11.6. The third kappa shape index (κ3) is 5.74. The number of hydrogen-bond acceptors (Lipinski definition) is 2. The van der Waals surface area contributed by atoms with E-state index in [0.29, 0.717) is 0 Å². The van der Waals surface area contributed by atoms with Gasteiger partial charge in [-0.2, -0.15) is 0 Å². The SMILES string of the molecule is c1ccc(-c2cccc3cccc(-c4ccccc4N(c4ccc(-c5cccc6c5oc5ccccc56)cc4)c4ccc5c6ccccc6n(-c6ccccc6)c5c4)c23)cc1. The number of aromatic nitrogens is 1. The topological polar surface area (TPSA) is 21.3 Å². The molecule has 0 aliphatic heterocycles. The lowest BCUT2D eigenvalue weighted by atomic mass is 9.90. The summed E-state index contributed by atoms with van der Waals surface area (Å²) in [6.07, 6.45) is 0. The summed E-state index contributed by atoms with van der Waals surface area (Å²) in [4.78, 5) is 2.43. The highest BCUT2D eigenvalue weighted by Crippen LogP contribution is 2.46. The Kier molecular flexibility index (Phi) is 8.17. The van der Waals surface area contributed by atoms with Crippen molar-refractivity contribution in [1.82, 2.24) is 4.57 Å². The maximum atomic E-state index is 6.50. The summed E-state index contributed by atoms with van der Waals surface area (Å²) in [6.45, 7) is 0. The first-order valence-corrected chi connectivity index (χ1v) is 20.8. The Morgan fingerprint density at radius 1 is 0.361 bits per heavy atom. The molecule has 0 aliphatic carbocycles. The van der Waals surface area contributed by atoms with Gasteiger partial charge in [0.2, 0.25) is 0 Å². The second-order valence-electron chi connectivity index (χ2n) is 15.6. The van der Waals surface area contributed by atoms with Crippen LogP contribution in [0, 0.1) is 0 Å². The van der Waals surface area contributed by atoms with Crippen molar-refractivity contribution in [1.29, 1.82) is 0 Å². The fourth-order valence-corrected chi connectivity index (χ4v) is 9.47. The molecule has 0 spiro atoms. The van der Waals surface area contributed by atoms with Gasteiger partial charge < -0.3 is 13.9 Å². The predicted octanol–water partition coefficient (Wildman–Crippen LogP) is 16.3. The molecule has 0 radical (unpaired) electrons. The smallest absolute Gasteiger partial charge is 0.143 e. The zero-order chi connectivity index (χ0) is 40.3. The van der Waals surface area contributed by atoms with Gasteiger partial charge >= 0.3 is 0 Å². The Morgan fingerprint density at radius 3 is 1.79 bits per heavy atom. The van der Waals surface area contributed by atoms with Gasteiger partial charge in [0.25, 0.3) is 0 Å². The number of benzene rings is 10. The Hall–Kier alpha value is -8.14. The van der Waals surface area contributed by atoms with Crippen molar-refractivity contribution < 1.29 is 4.42 Å². The van der Waals surface area contributed by atoms with Crippen molar-refractivity contribution in [3.05, 3.63) is 231 Å². The molecule has 61 heavy (non-hydrogen) atoms. The number of furan rings is 1. The van der Waals surface area contributed by atoms with Crippen LogP contribution in [0.15, 0.2) is 235 Å². The van der Waals surface area contributed by atoms with Crippen LogP contribution in [0.5, 0.6) is 0 Å². The van der Waals surface area contributed by atoms with Gasteiger partial charge in [-0.15, -0.1) is 0 Å². The number of anilines is 3. The second kappa shape index (κ2) is 14.3. The number of fused-ring (bicyclic) bond motifs is 7. The molecule has 3 heteroatoms. The molecule has 0 amide bonds. The summed E-state index contributed by atoms with van der Waals surface area (Å²) in [5.74, 6) is 0. The fourth-order valence-electron chi connectivity index (χ4n) is 9.47. The highest BCUT2D eigenvalue weighted by atomic mass is 16.3. The monoisotopic (exact) mass is 778 g/mol. The number of hydrogen-bond donors (Lipinski definition) is 0. The number of rotatable bonds is 7. The maximum absolute atomic E-state index is 6.50. The first kappa shape index (κ1) is 34.9. The van der Waals surface area contributed by atoms with Crippen LogP contribution in [0.1, 0.15) is 0 Å². The molecular formula is C58H38N2O. The molecule has 0 N–H and O–H groups in total. The highest BCUT2D eigenvalue weighted by molar-refractivity contribution is 6.12. The van der Waals surface area contributed by atoms with Crippen LogP contribution in [0.3, 0.4) is 0 Å². The third-order valence-electron chi connectivity index (χ3n) is 12.2. The van der Waals surface area contributed by atoms with Gasteiger partial charge in [-0.05, 0) is 87.6 Å². The lowest BCUT2D eigenvalue weighted by molar-refractivity contribution is 0.670. The first-order chi connectivity index (χ1) is 30.3. The molecule has 12 aromatic rings. The van der Waals surface area contributed by atoms with E-state index in [4.69, 9.17) is 4.42 Å². The first-order valence-electron chi connectivity index (χ1n) is 20.8. The Balaban J connectivity index is 1.09. The largest absolute Gasteiger partial charge is 0.455 e. The van der Waals surface area contributed by atoms with E-state index in [-0.39, 0.29) is 0 Å². The van der Waals surface area contributed by atoms with Crippen molar-refractivity contribution in [3.8, 4) is 39.1 Å². The van der Waals surface area contributed by atoms with Crippen LogP contribution in [-0.2, 0) is 0 Å². The quantitative estimate of drug-likeness (QED) is 0.161. The van der Waals surface area contributed by atoms with E-state index in [2.05, 4.69) is 228 Å². The predicted molar refractivity (Wildman–Crippen MR) is 257 cm³/mol. The minimum absolute atomic E-state index is 0.900. The summed E-state index contributed by atoms with van der Waals surface area (Å²) in [6, 6.07) is 83.0. The maximum Gasteiger partial charge on any atom is 0.143 e. The van der Waals surface area contributed by atoms with Crippen molar-refractivity contribution in [2.75, 3.05) is 4.90 Å². The van der Waals surface area contributed by atoms with Crippen LogP contribution in [-0.4, -0.2) is 4.57 Å². The molecule has 2 aromatic heterocycles. The molecule has 3 nitrogen and oxygen atoms in total. The lowest BCUT2D eigenvalue weighted by Crippen LogP contribution is -2.11. The van der Waals surface area contributed by atoms with Crippen LogP contribution in [0.25, 0.3) is 93.6 Å². The van der Waals surface area contributed by atoms with Gasteiger partial charge in [-0.1, -0.05) is 176 Å². The Morgan fingerprint density at radius 2 is 0.951 bits per heavy atom. The van der Waals surface area contributed by atoms with Gasteiger partial charge in [0.15, 0.2) is 0 Å².